The monoisotopic (exact) mass is 255 g/mol. The van der Waals surface area contributed by atoms with Gasteiger partial charge in [-0.25, -0.2) is 0 Å². The fraction of sp³-hybridized carbons (Fsp3) is 0.0769. The molecule has 0 bridgehead atoms. The molecule has 0 atom stereocenters. The standard InChI is InChI=1S/C13H10F3S/c14-13(15,16)17(11-7-3-1-4-8-11)12-9-5-2-6-10-12/h1-10H/q+1. The van der Waals surface area contributed by atoms with Gasteiger partial charge in [-0.05, 0) is 24.3 Å². The molecule has 17 heavy (non-hydrogen) atoms. The van der Waals surface area contributed by atoms with Gasteiger partial charge in [0.2, 0.25) is 0 Å². The van der Waals surface area contributed by atoms with Gasteiger partial charge in [-0.1, -0.05) is 36.4 Å². The quantitative estimate of drug-likeness (QED) is 0.704. The Balaban J connectivity index is 2.48. The molecule has 0 aliphatic rings. The van der Waals surface area contributed by atoms with Gasteiger partial charge in [-0.2, -0.15) is 0 Å². The summed E-state index contributed by atoms with van der Waals surface area (Å²) in [6, 6.07) is 16.0. The normalized spacial score (nSPS) is 11.8. The molecular formula is C13H10F3S+. The van der Waals surface area contributed by atoms with Crippen LogP contribution in [0.15, 0.2) is 70.5 Å². The van der Waals surface area contributed by atoms with Crippen molar-refractivity contribution in [3.05, 3.63) is 60.7 Å². The van der Waals surface area contributed by atoms with Crippen LogP contribution in [0.1, 0.15) is 0 Å². The molecule has 0 spiro atoms. The molecule has 0 aliphatic heterocycles. The fourth-order valence-corrected chi connectivity index (χ4v) is 3.18. The van der Waals surface area contributed by atoms with E-state index in [1.165, 1.54) is 24.3 Å². The summed E-state index contributed by atoms with van der Waals surface area (Å²) in [5, 5.41) is 0. The van der Waals surface area contributed by atoms with Gasteiger partial charge in [0, 0.05) is 0 Å². The van der Waals surface area contributed by atoms with Gasteiger partial charge < -0.3 is 0 Å². The Morgan fingerprint density at radius 1 is 0.647 bits per heavy atom. The highest BCUT2D eigenvalue weighted by atomic mass is 32.2. The molecular weight excluding hydrogens is 245 g/mol. The molecule has 0 aliphatic carbocycles. The molecule has 0 heterocycles. The van der Waals surface area contributed by atoms with Crippen molar-refractivity contribution in [3.63, 3.8) is 0 Å². The first-order chi connectivity index (χ1) is 8.09. The van der Waals surface area contributed by atoms with Crippen LogP contribution in [0.5, 0.6) is 0 Å². The van der Waals surface area contributed by atoms with Crippen LogP contribution in [0, 0.1) is 0 Å². The lowest BCUT2D eigenvalue weighted by Crippen LogP contribution is -2.24. The molecule has 0 nitrogen and oxygen atoms in total. The van der Waals surface area contributed by atoms with E-state index in [0.717, 1.165) is 0 Å². The van der Waals surface area contributed by atoms with Crippen molar-refractivity contribution in [2.24, 2.45) is 0 Å². The van der Waals surface area contributed by atoms with Crippen molar-refractivity contribution in [1.29, 1.82) is 0 Å². The van der Waals surface area contributed by atoms with Crippen molar-refractivity contribution in [2.75, 3.05) is 0 Å². The van der Waals surface area contributed by atoms with Gasteiger partial charge in [0.15, 0.2) is 20.7 Å². The summed E-state index contributed by atoms with van der Waals surface area (Å²) in [6.45, 7) is 0. The van der Waals surface area contributed by atoms with E-state index in [0.29, 0.717) is 9.79 Å². The average Bonchev–Trinajstić information content (AvgIpc) is 2.30. The second-order valence-corrected chi connectivity index (χ2v) is 5.40. The zero-order valence-electron chi connectivity index (χ0n) is 8.82. The first-order valence-electron chi connectivity index (χ1n) is 5.00. The summed E-state index contributed by atoms with van der Waals surface area (Å²) in [5.74, 6) is 0. The Kier molecular flexibility index (Phi) is 3.43. The number of rotatable bonds is 2. The number of hydrogen-bond donors (Lipinski definition) is 0. The van der Waals surface area contributed by atoms with E-state index in [1.807, 2.05) is 0 Å². The zero-order valence-corrected chi connectivity index (χ0v) is 9.63. The molecule has 0 radical (unpaired) electrons. The van der Waals surface area contributed by atoms with Gasteiger partial charge in [0.1, 0.15) is 0 Å². The van der Waals surface area contributed by atoms with Crippen LogP contribution in [0.3, 0.4) is 0 Å². The molecule has 2 aromatic rings. The molecule has 0 N–H and O–H groups in total. The van der Waals surface area contributed by atoms with Crippen molar-refractivity contribution < 1.29 is 13.2 Å². The topological polar surface area (TPSA) is 0 Å². The first kappa shape index (κ1) is 12.0. The first-order valence-corrected chi connectivity index (χ1v) is 6.23. The van der Waals surface area contributed by atoms with Gasteiger partial charge in [0.05, 0.1) is 0 Å². The molecule has 0 aromatic heterocycles. The van der Waals surface area contributed by atoms with Gasteiger partial charge in [-0.15, -0.1) is 13.2 Å². The van der Waals surface area contributed by atoms with Crippen molar-refractivity contribution in [2.45, 2.75) is 15.3 Å². The summed E-state index contributed by atoms with van der Waals surface area (Å²) < 4.78 is 39.3. The van der Waals surface area contributed by atoms with Crippen LogP contribution in [0.25, 0.3) is 0 Å². The van der Waals surface area contributed by atoms with Crippen LogP contribution in [-0.4, -0.2) is 5.51 Å². The Morgan fingerprint density at radius 2 is 1.00 bits per heavy atom. The fourth-order valence-electron chi connectivity index (χ4n) is 1.52. The summed E-state index contributed by atoms with van der Waals surface area (Å²) >= 11 is 0. The maximum absolute atomic E-state index is 13.1. The van der Waals surface area contributed by atoms with E-state index < -0.39 is 16.4 Å². The molecule has 2 aromatic carbocycles. The molecule has 88 valence electrons. The summed E-state index contributed by atoms with van der Waals surface area (Å²) in [7, 11) is -1.87. The number of halogens is 3. The predicted molar refractivity (Wildman–Crippen MR) is 62.8 cm³/mol. The lowest BCUT2D eigenvalue weighted by molar-refractivity contribution is -0.0370. The van der Waals surface area contributed by atoms with Crippen molar-refractivity contribution >= 4 is 10.9 Å². The highest BCUT2D eigenvalue weighted by Crippen LogP contribution is 2.37. The minimum Gasteiger partial charge on any atom is -0.122 e. The van der Waals surface area contributed by atoms with E-state index in [1.54, 1.807) is 36.4 Å². The minimum atomic E-state index is -4.25. The SMILES string of the molecule is FC(F)(F)[S+](c1ccccc1)c1ccccc1. The molecule has 0 fully saturated rings. The van der Waals surface area contributed by atoms with Crippen LogP contribution in [-0.2, 0) is 10.9 Å². The van der Waals surface area contributed by atoms with E-state index >= 15 is 0 Å². The number of benzene rings is 2. The molecule has 4 heteroatoms. The van der Waals surface area contributed by atoms with E-state index in [2.05, 4.69) is 0 Å². The summed E-state index contributed by atoms with van der Waals surface area (Å²) in [4.78, 5) is 0.595. The van der Waals surface area contributed by atoms with Crippen molar-refractivity contribution in [3.8, 4) is 0 Å². The van der Waals surface area contributed by atoms with E-state index in [9.17, 15) is 13.2 Å². The third-order valence-corrected chi connectivity index (χ3v) is 4.14. The van der Waals surface area contributed by atoms with Gasteiger partial charge >= 0.3 is 5.51 Å². The van der Waals surface area contributed by atoms with Crippen LogP contribution < -0.4 is 0 Å². The summed E-state index contributed by atoms with van der Waals surface area (Å²) in [5.41, 5.74) is -4.25. The third-order valence-electron chi connectivity index (χ3n) is 2.19. The smallest absolute Gasteiger partial charge is 0.122 e. The lowest BCUT2D eigenvalue weighted by Gasteiger charge is -2.09. The molecule has 0 unspecified atom stereocenters. The van der Waals surface area contributed by atoms with Crippen LogP contribution in [0.2, 0.25) is 0 Å². The largest absolute Gasteiger partial charge is 0.586 e. The van der Waals surface area contributed by atoms with E-state index in [4.69, 9.17) is 0 Å². The zero-order chi connectivity index (χ0) is 12.3. The lowest BCUT2D eigenvalue weighted by atomic mass is 10.4. The van der Waals surface area contributed by atoms with Crippen molar-refractivity contribution in [1.82, 2.24) is 0 Å². The predicted octanol–water partition coefficient (Wildman–Crippen LogP) is 4.24. The Hall–Kier alpha value is -1.42. The molecule has 2 rings (SSSR count). The Bertz CT molecular complexity index is 426. The molecule has 0 saturated carbocycles. The van der Waals surface area contributed by atoms with Gasteiger partial charge in [-0.3, -0.25) is 0 Å². The van der Waals surface area contributed by atoms with E-state index in [-0.39, 0.29) is 0 Å². The molecule has 0 amide bonds. The highest BCUT2D eigenvalue weighted by Gasteiger charge is 2.54. The highest BCUT2D eigenvalue weighted by molar-refractivity contribution is 7.97. The Morgan fingerprint density at radius 3 is 1.29 bits per heavy atom. The van der Waals surface area contributed by atoms with Crippen LogP contribution in [0.4, 0.5) is 13.2 Å². The third kappa shape index (κ3) is 2.82. The maximum atomic E-state index is 13.1. The summed E-state index contributed by atoms with van der Waals surface area (Å²) in [6.07, 6.45) is 0. The van der Waals surface area contributed by atoms with Crippen LogP contribution >= 0.6 is 0 Å². The second-order valence-electron chi connectivity index (χ2n) is 3.38. The number of hydrogen-bond acceptors (Lipinski definition) is 0. The second kappa shape index (κ2) is 4.84. The molecule has 0 saturated heterocycles. The minimum absolute atomic E-state index is 0.297. The maximum Gasteiger partial charge on any atom is 0.586 e. The Labute approximate surface area is 100 Å². The van der Waals surface area contributed by atoms with Gasteiger partial charge in [0.25, 0.3) is 0 Å². The average molecular weight is 255 g/mol. The number of alkyl halides is 3.